The van der Waals surface area contributed by atoms with Crippen LogP contribution in [0.25, 0.3) is 0 Å². The zero-order valence-electron chi connectivity index (χ0n) is 17.7. The number of rotatable bonds is 9. The van der Waals surface area contributed by atoms with Crippen molar-refractivity contribution in [3.05, 3.63) is 5.82 Å². The Morgan fingerprint density at radius 2 is 1.96 bits per heavy atom. The Labute approximate surface area is 162 Å². The topological polar surface area (TPSA) is 94.0 Å². The van der Waals surface area contributed by atoms with Gasteiger partial charge in [0.1, 0.15) is 5.54 Å². The number of amides is 1. The monoisotopic (exact) mass is 380 g/mol. The van der Waals surface area contributed by atoms with E-state index in [-0.39, 0.29) is 24.1 Å². The third kappa shape index (κ3) is 5.48. The second-order valence-electron chi connectivity index (χ2n) is 8.81. The predicted molar refractivity (Wildman–Crippen MR) is 104 cm³/mol. The molecule has 2 atom stereocenters. The van der Waals surface area contributed by atoms with E-state index in [0.29, 0.717) is 5.82 Å². The summed E-state index contributed by atoms with van der Waals surface area (Å²) in [6, 6.07) is 0. The Kier molecular flexibility index (Phi) is 7.33. The largest absolute Gasteiger partial charge is 0.379 e. The van der Waals surface area contributed by atoms with Crippen molar-refractivity contribution >= 4 is 5.91 Å². The molecule has 154 valence electrons. The number of tetrazole rings is 1. The first-order valence-corrected chi connectivity index (χ1v) is 10.0. The fraction of sp³-hybridized carbons (Fsp3) is 0.895. The lowest BCUT2D eigenvalue weighted by Gasteiger charge is -2.36. The van der Waals surface area contributed by atoms with Crippen molar-refractivity contribution in [2.45, 2.75) is 83.9 Å². The van der Waals surface area contributed by atoms with E-state index >= 15 is 0 Å². The first-order chi connectivity index (χ1) is 12.7. The number of ether oxygens (including phenoxy) is 1. The second-order valence-corrected chi connectivity index (χ2v) is 8.81. The van der Waals surface area contributed by atoms with E-state index in [1.165, 1.54) is 25.7 Å². The number of hydrogen-bond acceptors (Lipinski definition) is 6. The first kappa shape index (κ1) is 21.8. The molecular weight excluding hydrogens is 344 g/mol. The molecular formula is C19H36N6O2. The summed E-state index contributed by atoms with van der Waals surface area (Å²) in [5.74, 6) is 1.41. The average molecular weight is 381 g/mol. The van der Waals surface area contributed by atoms with Gasteiger partial charge in [-0.15, -0.1) is 5.10 Å². The maximum Gasteiger partial charge on any atom is 0.233 e. The lowest BCUT2D eigenvalue weighted by molar-refractivity contribution is -0.121. The number of carbonyl (C=O) groups is 1. The smallest absolute Gasteiger partial charge is 0.233 e. The molecule has 0 radical (unpaired) electrons. The lowest BCUT2D eigenvalue weighted by atomic mass is 9.93. The standard InChI is InChI=1S/C19H36N6O2/c1-14(27-6)19(5,17-22-23-24-25(17)18(2,3)4)21-13-16(26)20-12-11-15-9-7-8-10-15/h14-15,21H,7-13H2,1-6H3,(H,20,26). The molecule has 2 unspecified atom stereocenters. The third-order valence-electron chi connectivity index (χ3n) is 5.70. The summed E-state index contributed by atoms with van der Waals surface area (Å²) in [6.45, 7) is 11.0. The van der Waals surface area contributed by atoms with Gasteiger partial charge in [-0.05, 0) is 57.4 Å². The van der Waals surface area contributed by atoms with Crippen LogP contribution in [0.15, 0.2) is 0 Å². The molecule has 0 aromatic carbocycles. The Hall–Kier alpha value is -1.54. The molecule has 1 amide bonds. The van der Waals surface area contributed by atoms with Gasteiger partial charge in [-0.1, -0.05) is 25.7 Å². The van der Waals surface area contributed by atoms with Crippen molar-refractivity contribution in [3.8, 4) is 0 Å². The highest BCUT2D eigenvalue weighted by Gasteiger charge is 2.40. The quantitative estimate of drug-likeness (QED) is 0.680. The van der Waals surface area contributed by atoms with Gasteiger partial charge < -0.3 is 10.1 Å². The molecule has 2 rings (SSSR count). The van der Waals surface area contributed by atoms with Crippen molar-refractivity contribution in [3.63, 3.8) is 0 Å². The Balaban J connectivity index is 1.99. The molecule has 1 aliphatic carbocycles. The molecule has 8 heteroatoms. The Morgan fingerprint density at radius 3 is 2.56 bits per heavy atom. The highest BCUT2D eigenvalue weighted by molar-refractivity contribution is 5.78. The van der Waals surface area contributed by atoms with Gasteiger partial charge in [-0.3, -0.25) is 10.1 Å². The summed E-state index contributed by atoms with van der Waals surface area (Å²) >= 11 is 0. The Bertz CT molecular complexity index is 606. The SMILES string of the molecule is COC(C)C(C)(NCC(=O)NCCC1CCCC1)c1nnnn1C(C)(C)C. The van der Waals surface area contributed by atoms with Crippen LogP contribution in [0.5, 0.6) is 0 Å². The number of nitrogens with one attached hydrogen (secondary N) is 2. The van der Waals surface area contributed by atoms with Crippen molar-refractivity contribution in [2.75, 3.05) is 20.2 Å². The van der Waals surface area contributed by atoms with Crippen LogP contribution in [0.4, 0.5) is 0 Å². The lowest BCUT2D eigenvalue weighted by Crippen LogP contribution is -2.54. The van der Waals surface area contributed by atoms with Crippen LogP contribution in [0.1, 0.15) is 72.5 Å². The molecule has 0 saturated heterocycles. The van der Waals surface area contributed by atoms with Crippen LogP contribution in [-0.4, -0.2) is 52.4 Å². The minimum absolute atomic E-state index is 0.0164. The van der Waals surface area contributed by atoms with Gasteiger partial charge in [-0.25, -0.2) is 4.68 Å². The second kappa shape index (κ2) is 9.10. The van der Waals surface area contributed by atoms with Crippen LogP contribution < -0.4 is 10.6 Å². The van der Waals surface area contributed by atoms with E-state index in [9.17, 15) is 4.79 Å². The molecule has 0 aliphatic heterocycles. The van der Waals surface area contributed by atoms with Gasteiger partial charge in [0.15, 0.2) is 5.82 Å². The van der Waals surface area contributed by atoms with E-state index < -0.39 is 5.54 Å². The normalized spacial score (nSPS) is 19.0. The number of methoxy groups -OCH3 is 1. The fourth-order valence-corrected chi connectivity index (χ4v) is 3.64. The molecule has 1 saturated carbocycles. The molecule has 1 aromatic rings. The van der Waals surface area contributed by atoms with E-state index in [4.69, 9.17) is 4.74 Å². The fourth-order valence-electron chi connectivity index (χ4n) is 3.64. The molecule has 8 nitrogen and oxygen atoms in total. The van der Waals surface area contributed by atoms with Crippen LogP contribution in [0.3, 0.4) is 0 Å². The summed E-state index contributed by atoms with van der Waals surface area (Å²) in [5, 5.41) is 18.6. The maximum atomic E-state index is 12.4. The van der Waals surface area contributed by atoms with Crippen LogP contribution in [0, 0.1) is 5.92 Å². The molecule has 0 spiro atoms. The average Bonchev–Trinajstić information content (AvgIpc) is 3.30. The van der Waals surface area contributed by atoms with Crippen LogP contribution in [0.2, 0.25) is 0 Å². The highest BCUT2D eigenvalue weighted by Crippen LogP contribution is 2.28. The number of nitrogens with zero attached hydrogens (tertiary/aromatic N) is 4. The maximum absolute atomic E-state index is 12.4. The van der Waals surface area contributed by atoms with Gasteiger partial charge in [0.05, 0.1) is 18.2 Å². The molecule has 1 heterocycles. The minimum atomic E-state index is -0.700. The van der Waals surface area contributed by atoms with E-state index in [1.807, 2.05) is 34.6 Å². The van der Waals surface area contributed by atoms with Gasteiger partial charge in [-0.2, -0.15) is 0 Å². The molecule has 2 N–H and O–H groups in total. The molecule has 1 aliphatic rings. The molecule has 1 fully saturated rings. The summed E-state index contributed by atoms with van der Waals surface area (Å²) in [5.41, 5.74) is -0.979. The van der Waals surface area contributed by atoms with Crippen LogP contribution >= 0.6 is 0 Å². The van der Waals surface area contributed by atoms with Gasteiger partial charge >= 0.3 is 0 Å². The summed E-state index contributed by atoms with van der Waals surface area (Å²) < 4.78 is 7.37. The summed E-state index contributed by atoms with van der Waals surface area (Å²) in [7, 11) is 1.65. The van der Waals surface area contributed by atoms with Crippen molar-refractivity contribution in [1.29, 1.82) is 0 Å². The minimum Gasteiger partial charge on any atom is -0.379 e. The van der Waals surface area contributed by atoms with Gasteiger partial charge in [0, 0.05) is 13.7 Å². The van der Waals surface area contributed by atoms with Crippen molar-refractivity contribution < 1.29 is 9.53 Å². The number of hydrogen-bond donors (Lipinski definition) is 2. The highest BCUT2D eigenvalue weighted by atomic mass is 16.5. The van der Waals surface area contributed by atoms with E-state index in [0.717, 1.165) is 18.9 Å². The summed E-state index contributed by atoms with van der Waals surface area (Å²) in [6.07, 6.45) is 6.10. The summed E-state index contributed by atoms with van der Waals surface area (Å²) in [4.78, 5) is 12.4. The molecule has 0 bridgehead atoms. The zero-order chi connectivity index (χ0) is 20.1. The van der Waals surface area contributed by atoms with E-state index in [2.05, 4.69) is 26.2 Å². The van der Waals surface area contributed by atoms with Crippen LogP contribution in [-0.2, 0) is 20.6 Å². The number of carbonyl (C=O) groups excluding carboxylic acids is 1. The molecule has 1 aromatic heterocycles. The number of aromatic nitrogens is 4. The van der Waals surface area contributed by atoms with E-state index in [1.54, 1.807) is 11.8 Å². The Morgan fingerprint density at radius 1 is 1.30 bits per heavy atom. The van der Waals surface area contributed by atoms with Crippen molar-refractivity contribution in [2.24, 2.45) is 5.92 Å². The van der Waals surface area contributed by atoms with Gasteiger partial charge in [0.2, 0.25) is 5.91 Å². The first-order valence-electron chi connectivity index (χ1n) is 10.0. The zero-order valence-corrected chi connectivity index (χ0v) is 17.7. The predicted octanol–water partition coefficient (Wildman–Crippen LogP) is 1.96. The van der Waals surface area contributed by atoms with Crippen molar-refractivity contribution in [1.82, 2.24) is 30.8 Å². The molecule has 27 heavy (non-hydrogen) atoms. The van der Waals surface area contributed by atoms with Gasteiger partial charge in [0.25, 0.3) is 0 Å². The third-order valence-corrected chi connectivity index (χ3v) is 5.70.